The van der Waals surface area contributed by atoms with Crippen LogP contribution in [0.5, 0.6) is 0 Å². The average molecular weight is 276 g/mol. The van der Waals surface area contributed by atoms with E-state index in [9.17, 15) is 9.90 Å². The summed E-state index contributed by atoms with van der Waals surface area (Å²) in [5.74, 6) is -0.0686. The van der Waals surface area contributed by atoms with E-state index in [4.69, 9.17) is 9.47 Å². The first kappa shape index (κ1) is 18.3. The van der Waals surface area contributed by atoms with Crippen LogP contribution in [0.25, 0.3) is 0 Å². The molecule has 6 heteroatoms. The molecule has 0 aliphatic heterocycles. The molecule has 0 saturated heterocycles. The molecule has 6 nitrogen and oxygen atoms in total. The lowest BCUT2D eigenvalue weighted by atomic mass is 10.3. The van der Waals surface area contributed by atoms with Gasteiger partial charge in [0.15, 0.2) is 0 Å². The molecule has 0 saturated carbocycles. The molecule has 3 N–H and O–H groups in total. The van der Waals surface area contributed by atoms with Gasteiger partial charge in [-0.1, -0.05) is 0 Å². The summed E-state index contributed by atoms with van der Waals surface area (Å²) in [6.07, 6.45) is -0.441. The molecule has 0 aliphatic rings. The maximum Gasteiger partial charge on any atom is 0.236 e. The Morgan fingerprint density at radius 1 is 1.26 bits per heavy atom. The molecule has 0 spiro atoms. The zero-order valence-corrected chi connectivity index (χ0v) is 12.4. The van der Waals surface area contributed by atoms with E-state index in [1.54, 1.807) is 6.92 Å². The van der Waals surface area contributed by atoms with Crippen molar-refractivity contribution in [2.75, 3.05) is 32.9 Å². The first-order valence-electron chi connectivity index (χ1n) is 6.85. The molecule has 19 heavy (non-hydrogen) atoms. The Hall–Kier alpha value is -0.690. The number of amides is 1. The summed E-state index contributed by atoms with van der Waals surface area (Å²) < 4.78 is 10.6. The van der Waals surface area contributed by atoms with Crippen molar-refractivity contribution >= 4 is 5.91 Å². The van der Waals surface area contributed by atoms with E-state index in [1.165, 1.54) is 0 Å². The van der Waals surface area contributed by atoms with Crippen molar-refractivity contribution in [1.82, 2.24) is 10.6 Å². The van der Waals surface area contributed by atoms with Crippen molar-refractivity contribution in [2.24, 2.45) is 0 Å². The normalized spacial score (nSPS) is 14.4. The lowest BCUT2D eigenvalue weighted by molar-refractivity contribution is -0.122. The number of hydrogen-bond acceptors (Lipinski definition) is 5. The molecule has 0 heterocycles. The van der Waals surface area contributed by atoms with Gasteiger partial charge >= 0.3 is 0 Å². The van der Waals surface area contributed by atoms with E-state index in [1.807, 2.05) is 20.8 Å². The number of ether oxygens (including phenoxy) is 2. The highest BCUT2D eigenvalue weighted by atomic mass is 16.5. The summed E-state index contributed by atoms with van der Waals surface area (Å²) >= 11 is 0. The maximum absolute atomic E-state index is 11.4. The standard InChI is InChI=1S/C13H28N2O4/c1-5-14-13(17)11(4)15-8-12(16)9-18-6-7-19-10(2)3/h10-12,15-16H,5-9H2,1-4H3,(H,14,17). The summed E-state index contributed by atoms with van der Waals surface area (Å²) in [5, 5.41) is 15.3. The molecule has 0 aromatic heterocycles. The van der Waals surface area contributed by atoms with Crippen molar-refractivity contribution in [3.8, 4) is 0 Å². The molecule has 1 amide bonds. The SMILES string of the molecule is CCNC(=O)C(C)NCC(O)COCCOC(C)C. The van der Waals surface area contributed by atoms with Gasteiger partial charge in [-0.15, -0.1) is 0 Å². The van der Waals surface area contributed by atoms with Gasteiger partial charge in [-0.05, 0) is 27.7 Å². The second-order valence-electron chi connectivity index (χ2n) is 4.67. The van der Waals surface area contributed by atoms with Crippen molar-refractivity contribution in [2.45, 2.75) is 45.9 Å². The third-order valence-corrected chi connectivity index (χ3v) is 2.39. The van der Waals surface area contributed by atoms with Crippen LogP contribution < -0.4 is 10.6 Å². The van der Waals surface area contributed by atoms with E-state index in [0.717, 1.165) is 0 Å². The summed E-state index contributed by atoms with van der Waals surface area (Å²) in [5.41, 5.74) is 0. The van der Waals surface area contributed by atoms with Gasteiger partial charge in [0.1, 0.15) is 0 Å². The molecule has 0 aliphatic carbocycles. The van der Waals surface area contributed by atoms with Gasteiger partial charge in [-0.2, -0.15) is 0 Å². The third-order valence-electron chi connectivity index (χ3n) is 2.39. The van der Waals surface area contributed by atoms with Gasteiger partial charge in [0.05, 0.1) is 38.1 Å². The molecule has 2 unspecified atom stereocenters. The van der Waals surface area contributed by atoms with E-state index < -0.39 is 6.10 Å². The van der Waals surface area contributed by atoms with E-state index in [2.05, 4.69) is 10.6 Å². The van der Waals surface area contributed by atoms with Crippen LogP contribution in [0.2, 0.25) is 0 Å². The monoisotopic (exact) mass is 276 g/mol. The largest absolute Gasteiger partial charge is 0.389 e. The highest BCUT2D eigenvalue weighted by molar-refractivity contribution is 5.81. The van der Waals surface area contributed by atoms with Crippen LogP contribution in [0, 0.1) is 0 Å². The highest BCUT2D eigenvalue weighted by Gasteiger charge is 2.13. The molecule has 0 aromatic rings. The topological polar surface area (TPSA) is 79.8 Å². The fraction of sp³-hybridized carbons (Fsp3) is 0.923. The fourth-order valence-electron chi connectivity index (χ4n) is 1.35. The molecular weight excluding hydrogens is 248 g/mol. The number of rotatable bonds is 11. The van der Waals surface area contributed by atoms with Gasteiger partial charge in [0, 0.05) is 13.1 Å². The minimum absolute atomic E-state index is 0.0686. The van der Waals surface area contributed by atoms with Gasteiger partial charge in [0.25, 0.3) is 0 Å². The van der Waals surface area contributed by atoms with Crippen LogP contribution in [-0.4, -0.2) is 62.2 Å². The second kappa shape index (κ2) is 11.2. The number of hydrogen-bond donors (Lipinski definition) is 3. The van der Waals surface area contributed by atoms with Crippen LogP contribution in [0.3, 0.4) is 0 Å². The molecule has 0 aromatic carbocycles. The Morgan fingerprint density at radius 2 is 1.95 bits per heavy atom. The van der Waals surface area contributed by atoms with E-state index >= 15 is 0 Å². The second-order valence-corrected chi connectivity index (χ2v) is 4.67. The predicted molar refractivity (Wildman–Crippen MR) is 74.1 cm³/mol. The molecular formula is C13H28N2O4. The molecule has 114 valence electrons. The Morgan fingerprint density at radius 3 is 2.53 bits per heavy atom. The molecule has 0 radical (unpaired) electrons. The van der Waals surface area contributed by atoms with Crippen molar-refractivity contribution < 1.29 is 19.4 Å². The van der Waals surface area contributed by atoms with Crippen molar-refractivity contribution in [3.05, 3.63) is 0 Å². The molecule has 0 fully saturated rings. The molecule has 0 bridgehead atoms. The third kappa shape index (κ3) is 10.9. The Labute approximate surface area is 115 Å². The first-order chi connectivity index (χ1) is 8.97. The van der Waals surface area contributed by atoms with Gasteiger partial charge in [-0.3, -0.25) is 4.79 Å². The number of aliphatic hydroxyl groups is 1. The lowest BCUT2D eigenvalue weighted by Crippen LogP contribution is -2.45. The Kier molecular flexibility index (Phi) is 10.8. The summed E-state index contributed by atoms with van der Waals surface area (Å²) in [4.78, 5) is 11.4. The van der Waals surface area contributed by atoms with Crippen LogP contribution in [0.1, 0.15) is 27.7 Å². The quantitative estimate of drug-likeness (QED) is 0.459. The van der Waals surface area contributed by atoms with Gasteiger partial charge in [-0.25, -0.2) is 0 Å². The number of carbonyl (C=O) groups excluding carboxylic acids is 1. The summed E-state index contributed by atoms with van der Waals surface area (Å²) in [6, 6.07) is -0.320. The fourth-order valence-corrected chi connectivity index (χ4v) is 1.35. The number of carbonyl (C=O) groups is 1. The van der Waals surface area contributed by atoms with Crippen LogP contribution in [-0.2, 0) is 14.3 Å². The van der Waals surface area contributed by atoms with Gasteiger partial charge in [0.2, 0.25) is 5.91 Å². The Balaban J connectivity index is 3.53. The zero-order chi connectivity index (χ0) is 14.7. The predicted octanol–water partition coefficient (Wildman–Crippen LogP) is -0.0969. The minimum Gasteiger partial charge on any atom is -0.389 e. The minimum atomic E-state index is -0.629. The van der Waals surface area contributed by atoms with Crippen molar-refractivity contribution in [3.63, 3.8) is 0 Å². The molecule has 0 rings (SSSR count). The maximum atomic E-state index is 11.4. The number of likely N-dealkylation sites (N-methyl/N-ethyl adjacent to an activating group) is 1. The van der Waals surface area contributed by atoms with Crippen LogP contribution >= 0.6 is 0 Å². The number of aliphatic hydroxyl groups excluding tert-OH is 1. The summed E-state index contributed by atoms with van der Waals surface area (Å²) in [7, 11) is 0. The highest BCUT2D eigenvalue weighted by Crippen LogP contribution is 1.90. The van der Waals surface area contributed by atoms with Gasteiger partial charge < -0.3 is 25.2 Å². The van der Waals surface area contributed by atoms with Crippen LogP contribution in [0.15, 0.2) is 0 Å². The Bertz CT molecular complexity index is 237. The summed E-state index contributed by atoms with van der Waals surface area (Å²) in [6.45, 7) is 9.69. The number of nitrogens with one attached hydrogen (secondary N) is 2. The van der Waals surface area contributed by atoms with Crippen molar-refractivity contribution in [1.29, 1.82) is 0 Å². The average Bonchev–Trinajstić information content (AvgIpc) is 2.35. The van der Waals surface area contributed by atoms with E-state index in [0.29, 0.717) is 26.3 Å². The first-order valence-corrected chi connectivity index (χ1v) is 6.85. The zero-order valence-electron chi connectivity index (χ0n) is 12.4. The van der Waals surface area contributed by atoms with Crippen LogP contribution in [0.4, 0.5) is 0 Å². The molecule has 2 atom stereocenters. The smallest absolute Gasteiger partial charge is 0.236 e. The lowest BCUT2D eigenvalue weighted by Gasteiger charge is -2.17. The van der Waals surface area contributed by atoms with E-state index in [-0.39, 0.29) is 24.7 Å².